The Morgan fingerprint density at radius 3 is 2.72 bits per heavy atom. The lowest BCUT2D eigenvalue weighted by Crippen LogP contribution is -2.18. The molecule has 0 aliphatic heterocycles. The monoisotopic (exact) mass is 244 g/mol. The summed E-state index contributed by atoms with van der Waals surface area (Å²) in [6.45, 7) is 4.13. The maximum atomic E-state index is 4.50. The van der Waals surface area contributed by atoms with Crippen molar-refractivity contribution in [1.29, 1.82) is 0 Å². The summed E-state index contributed by atoms with van der Waals surface area (Å²) in [5.74, 6) is 0. The first-order valence-corrected chi connectivity index (χ1v) is 6.28. The molecule has 0 fully saturated rings. The molecule has 0 aliphatic carbocycles. The number of nitrogens with one attached hydrogen (secondary N) is 1. The van der Waals surface area contributed by atoms with Crippen molar-refractivity contribution in [2.24, 2.45) is 7.05 Å². The molecular weight excluding hydrogens is 224 g/mol. The highest BCUT2D eigenvalue weighted by atomic mass is 15.3. The van der Waals surface area contributed by atoms with E-state index in [0.29, 0.717) is 0 Å². The first kappa shape index (κ1) is 12.8. The fourth-order valence-corrected chi connectivity index (χ4v) is 2.22. The molecule has 2 heterocycles. The van der Waals surface area contributed by atoms with E-state index in [1.807, 2.05) is 38.0 Å². The van der Waals surface area contributed by atoms with Crippen LogP contribution in [-0.4, -0.2) is 21.8 Å². The molecule has 0 bridgehead atoms. The third-order valence-corrected chi connectivity index (χ3v) is 3.14. The van der Waals surface area contributed by atoms with Gasteiger partial charge in [-0.15, -0.1) is 0 Å². The lowest BCUT2D eigenvalue weighted by atomic mass is 10.00. The van der Waals surface area contributed by atoms with Crippen molar-refractivity contribution in [2.75, 3.05) is 7.05 Å². The SMILES string of the molecule is CCc1nn(C)cc1C(NC)c1ccc(C)nc1. The lowest BCUT2D eigenvalue weighted by molar-refractivity contribution is 0.680. The van der Waals surface area contributed by atoms with Gasteiger partial charge < -0.3 is 5.32 Å². The van der Waals surface area contributed by atoms with Crippen molar-refractivity contribution in [3.05, 3.63) is 47.0 Å². The number of aryl methyl sites for hydroxylation is 3. The summed E-state index contributed by atoms with van der Waals surface area (Å²) in [4.78, 5) is 4.37. The molecule has 0 saturated carbocycles. The predicted octanol–water partition coefficient (Wildman–Crippen LogP) is 1.99. The zero-order chi connectivity index (χ0) is 13.1. The van der Waals surface area contributed by atoms with E-state index >= 15 is 0 Å². The van der Waals surface area contributed by atoms with E-state index in [9.17, 15) is 0 Å². The molecule has 2 rings (SSSR count). The topological polar surface area (TPSA) is 42.7 Å². The van der Waals surface area contributed by atoms with Gasteiger partial charge in [0, 0.05) is 30.7 Å². The second-order valence-electron chi connectivity index (χ2n) is 4.51. The lowest BCUT2D eigenvalue weighted by Gasteiger charge is -2.16. The van der Waals surface area contributed by atoms with Crippen LogP contribution in [0.25, 0.3) is 0 Å². The van der Waals surface area contributed by atoms with Crippen molar-refractivity contribution in [3.8, 4) is 0 Å². The minimum absolute atomic E-state index is 0.154. The van der Waals surface area contributed by atoms with E-state index in [1.54, 1.807) is 0 Å². The minimum Gasteiger partial charge on any atom is -0.309 e. The standard InChI is InChI=1S/C14H20N4/c1-5-13-12(9-18(4)17-13)14(15-3)11-7-6-10(2)16-8-11/h6-9,14-15H,5H2,1-4H3. The van der Waals surface area contributed by atoms with Crippen LogP contribution in [0.3, 0.4) is 0 Å². The van der Waals surface area contributed by atoms with Crippen molar-refractivity contribution >= 4 is 0 Å². The maximum Gasteiger partial charge on any atom is 0.0673 e. The Balaban J connectivity index is 2.41. The molecule has 1 unspecified atom stereocenters. The molecule has 96 valence electrons. The molecular formula is C14H20N4. The Morgan fingerprint density at radius 2 is 2.17 bits per heavy atom. The zero-order valence-electron chi connectivity index (χ0n) is 11.4. The van der Waals surface area contributed by atoms with Gasteiger partial charge in [0.15, 0.2) is 0 Å². The van der Waals surface area contributed by atoms with Gasteiger partial charge in [-0.2, -0.15) is 5.10 Å². The van der Waals surface area contributed by atoms with Crippen LogP contribution in [0.5, 0.6) is 0 Å². The molecule has 2 aromatic heterocycles. The molecule has 0 saturated heterocycles. The number of rotatable bonds is 4. The van der Waals surface area contributed by atoms with Crippen LogP contribution in [0.2, 0.25) is 0 Å². The van der Waals surface area contributed by atoms with E-state index in [1.165, 1.54) is 11.1 Å². The Labute approximate surface area is 108 Å². The molecule has 1 atom stereocenters. The van der Waals surface area contributed by atoms with Gasteiger partial charge >= 0.3 is 0 Å². The molecule has 0 aliphatic rings. The second kappa shape index (κ2) is 5.31. The fraction of sp³-hybridized carbons (Fsp3) is 0.429. The van der Waals surface area contributed by atoms with Crippen molar-refractivity contribution in [1.82, 2.24) is 20.1 Å². The van der Waals surface area contributed by atoms with Gasteiger partial charge in [0.1, 0.15) is 0 Å². The van der Waals surface area contributed by atoms with Crippen molar-refractivity contribution < 1.29 is 0 Å². The highest BCUT2D eigenvalue weighted by Gasteiger charge is 2.18. The fourth-order valence-electron chi connectivity index (χ4n) is 2.22. The van der Waals surface area contributed by atoms with Crippen LogP contribution in [0.4, 0.5) is 0 Å². The molecule has 2 aromatic rings. The van der Waals surface area contributed by atoms with Gasteiger partial charge in [0.05, 0.1) is 11.7 Å². The predicted molar refractivity (Wildman–Crippen MR) is 72.5 cm³/mol. The van der Waals surface area contributed by atoms with Crippen LogP contribution < -0.4 is 5.32 Å². The van der Waals surface area contributed by atoms with Crippen LogP contribution in [0.15, 0.2) is 24.5 Å². The maximum absolute atomic E-state index is 4.50. The van der Waals surface area contributed by atoms with Gasteiger partial charge in [0.2, 0.25) is 0 Å². The van der Waals surface area contributed by atoms with E-state index in [0.717, 1.165) is 17.8 Å². The number of hydrogen-bond donors (Lipinski definition) is 1. The van der Waals surface area contributed by atoms with Gasteiger partial charge in [-0.05, 0) is 32.0 Å². The summed E-state index contributed by atoms with van der Waals surface area (Å²) in [6.07, 6.45) is 4.95. The number of nitrogens with zero attached hydrogens (tertiary/aromatic N) is 3. The van der Waals surface area contributed by atoms with Crippen LogP contribution >= 0.6 is 0 Å². The third-order valence-electron chi connectivity index (χ3n) is 3.14. The molecule has 4 heteroatoms. The molecule has 0 spiro atoms. The van der Waals surface area contributed by atoms with Gasteiger partial charge in [-0.1, -0.05) is 13.0 Å². The second-order valence-corrected chi connectivity index (χ2v) is 4.51. The first-order valence-electron chi connectivity index (χ1n) is 6.28. The van der Waals surface area contributed by atoms with Crippen LogP contribution in [0, 0.1) is 6.92 Å². The summed E-state index contributed by atoms with van der Waals surface area (Å²) < 4.78 is 1.88. The quantitative estimate of drug-likeness (QED) is 0.894. The van der Waals surface area contributed by atoms with Crippen LogP contribution in [0.1, 0.15) is 35.5 Å². The highest BCUT2D eigenvalue weighted by molar-refractivity contribution is 5.32. The average molecular weight is 244 g/mol. The van der Waals surface area contributed by atoms with Crippen LogP contribution in [-0.2, 0) is 13.5 Å². The summed E-state index contributed by atoms with van der Waals surface area (Å²) in [5.41, 5.74) is 4.58. The Hall–Kier alpha value is -1.68. The molecule has 1 N–H and O–H groups in total. The van der Waals surface area contributed by atoms with E-state index in [2.05, 4.69) is 34.6 Å². The molecule has 0 aromatic carbocycles. The summed E-state index contributed by atoms with van der Waals surface area (Å²) >= 11 is 0. The summed E-state index contributed by atoms with van der Waals surface area (Å²) in [7, 11) is 3.93. The average Bonchev–Trinajstić information content (AvgIpc) is 2.74. The highest BCUT2D eigenvalue weighted by Crippen LogP contribution is 2.24. The molecule has 0 radical (unpaired) electrons. The van der Waals surface area contributed by atoms with Crippen molar-refractivity contribution in [2.45, 2.75) is 26.3 Å². The zero-order valence-corrected chi connectivity index (χ0v) is 11.4. The van der Waals surface area contributed by atoms with Gasteiger partial charge in [-0.3, -0.25) is 9.67 Å². The molecule has 4 nitrogen and oxygen atoms in total. The smallest absolute Gasteiger partial charge is 0.0673 e. The Morgan fingerprint density at radius 1 is 1.39 bits per heavy atom. The molecule has 0 amide bonds. The minimum atomic E-state index is 0.154. The van der Waals surface area contributed by atoms with E-state index in [-0.39, 0.29) is 6.04 Å². The van der Waals surface area contributed by atoms with Gasteiger partial charge in [-0.25, -0.2) is 0 Å². The largest absolute Gasteiger partial charge is 0.309 e. The van der Waals surface area contributed by atoms with E-state index in [4.69, 9.17) is 0 Å². The summed E-state index contributed by atoms with van der Waals surface area (Å²) in [6, 6.07) is 4.32. The van der Waals surface area contributed by atoms with Crippen molar-refractivity contribution in [3.63, 3.8) is 0 Å². The number of hydrogen-bond acceptors (Lipinski definition) is 3. The Bertz CT molecular complexity index is 513. The Kier molecular flexibility index (Phi) is 3.77. The molecule has 18 heavy (non-hydrogen) atoms. The van der Waals surface area contributed by atoms with E-state index < -0.39 is 0 Å². The normalized spacial score (nSPS) is 12.7. The summed E-state index contributed by atoms with van der Waals surface area (Å²) in [5, 5.41) is 7.85. The van der Waals surface area contributed by atoms with Gasteiger partial charge in [0.25, 0.3) is 0 Å². The number of aromatic nitrogens is 3. The third kappa shape index (κ3) is 2.43. The number of pyridine rings is 1. The first-order chi connectivity index (χ1) is 8.65.